The molecule has 0 aliphatic rings. The van der Waals surface area contributed by atoms with Crippen molar-refractivity contribution in [1.82, 2.24) is 10.2 Å². The number of nitrogens with zero attached hydrogens (tertiary/aromatic N) is 2. The van der Waals surface area contributed by atoms with Crippen molar-refractivity contribution in [2.24, 2.45) is 10.9 Å². The van der Waals surface area contributed by atoms with E-state index in [2.05, 4.69) is 10.5 Å². The van der Waals surface area contributed by atoms with Gasteiger partial charge < -0.3 is 25.9 Å². The van der Waals surface area contributed by atoms with Crippen molar-refractivity contribution in [3.63, 3.8) is 0 Å². The van der Waals surface area contributed by atoms with Crippen molar-refractivity contribution in [1.29, 1.82) is 0 Å². The number of benzene rings is 1. The van der Waals surface area contributed by atoms with Gasteiger partial charge in [-0.25, -0.2) is 4.79 Å². The Morgan fingerprint density at radius 3 is 2.71 bits per heavy atom. The second-order valence-corrected chi connectivity index (χ2v) is 4.47. The van der Waals surface area contributed by atoms with Crippen molar-refractivity contribution in [2.45, 2.75) is 13.0 Å². The van der Waals surface area contributed by atoms with Gasteiger partial charge in [-0.3, -0.25) is 0 Å². The summed E-state index contributed by atoms with van der Waals surface area (Å²) in [6.07, 6.45) is 0.305. The van der Waals surface area contributed by atoms with Crippen LogP contribution in [0.4, 0.5) is 4.79 Å². The largest absolute Gasteiger partial charge is 0.409 e. The highest BCUT2D eigenvalue weighted by atomic mass is 16.5. The fourth-order valence-electron chi connectivity index (χ4n) is 1.70. The van der Waals surface area contributed by atoms with E-state index in [-0.39, 0.29) is 11.9 Å². The quantitative estimate of drug-likeness (QED) is 0.288. The second kappa shape index (κ2) is 9.60. The highest BCUT2D eigenvalue weighted by molar-refractivity contribution is 5.81. The topological polar surface area (TPSA) is 100 Å². The van der Waals surface area contributed by atoms with Gasteiger partial charge in [-0.2, -0.15) is 0 Å². The van der Waals surface area contributed by atoms with Gasteiger partial charge in [0.1, 0.15) is 5.84 Å². The van der Waals surface area contributed by atoms with Gasteiger partial charge in [0, 0.05) is 33.2 Å². The summed E-state index contributed by atoms with van der Waals surface area (Å²) in [4.78, 5) is 13.7. The molecule has 0 saturated heterocycles. The molecule has 2 amide bonds. The van der Waals surface area contributed by atoms with Crippen LogP contribution in [0.2, 0.25) is 0 Å². The molecule has 0 heterocycles. The zero-order valence-electron chi connectivity index (χ0n) is 12.2. The number of hydrogen-bond donors (Lipinski definition) is 3. The highest BCUT2D eigenvalue weighted by Gasteiger charge is 2.13. The van der Waals surface area contributed by atoms with Crippen LogP contribution in [0.25, 0.3) is 0 Å². The van der Waals surface area contributed by atoms with Gasteiger partial charge in [-0.05, 0) is 5.56 Å². The number of nitrogens with one attached hydrogen (secondary N) is 1. The molecule has 0 aliphatic carbocycles. The maximum atomic E-state index is 12.1. The summed E-state index contributed by atoms with van der Waals surface area (Å²) in [5, 5.41) is 14.3. The van der Waals surface area contributed by atoms with E-state index >= 15 is 0 Å². The minimum atomic E-state index is -0.207. The maximum Gasteiger partial charge on any atom is 0.317 e. The lowest BCUT2D eigenvalue weighted by molar-refractivity contribution is 0.150. The third-order valence-electron chi connectivity index (χ3n) is 2.91. The van der Waals surface area contributed by atoms with E-state index in [1.807, 2.05) is 30.3 Å². The number of amides is 2. The third kappa shape index (κ3) is 6.62. The van der Waals surface area contributed by atoms with Crippen LogP contribution in [0.3, 0.4) is 0 Å². The molecule has 0 aliphatic heterocycles. The number of amidine groups is 1. The van der Waals surface area contributed by atoms with Crippen molar-refractivity contribution >= 4 is 11.9 Å². The number of rotatable bonds is 8. The predicted molar refractivity (Wildman–Crippen MR) is 80.2 cm³/mol. The van der Waals surface area contributed by atoms with Crippen molar-refractivity contribution in [2.75, 3.05) is 26.8 Å². The molecule has 0 saturated carbocycles. The smallest absolute Gasteiger partial charge is 0.317 e. The van der Waals surface area contributed by atoms with E-state index in [1.165, 1.54) is 0 Å². The van der Waals surface area contributed by atoms with E-state index in [0.29, 0.717) is 32.7 Å². The Morgan fingerprint density at radius 2 is 2.10 bits per heavy atom. The van der Waals surface area contributed by atoms with Crippen LogP contribution in [0.5, 0.6) is 0 Å². The molecule has 4 N–H and O–H groups in total. The normalized spacial score (nSPS) is 11.2. The van der Waals surface area contributed by atoms with Crippen molar-refractivity contribution < 1.29 is 14.7 Å². The minimum absolute atomic E-state index is 0.0910. The molecule has 1 rings (SSSR count). The number of oxime groups is 1. The molecule has 116 valence electrons. The minimum Gasteiger partial charge on any atom is -0.409 e. The SMILES string of the molecule is COCCN(CC/C(N)=N/O)C(=O)NCc1ccccc1. The number of carbonyl (C=O) groups is 1. The first-order valence-electron chi connectivity index (χ1n) is 6.69. The van der Waals surface area contributed by atoms with Gasteiger partial charge in [0.05, 0.1) is 6.61 Å². The van der Waals surface area contributed by atoms with Crippen LogP contribution in [-0.2, 0) is 11.3 Å². The molecule has 1 aromatic rings. The Morgan fingerprint density at radius 1 is 1.38 bits per heavy atom. The Balaban J connectivity index is 2.49. The molecule has 0 spiro atoms. The summed E-state index contributed by atoms with van der Waals surface area (Å²) in [5.74, 6) is 0.0910. The predicted octanol–water partition coefficient (Wildman–Crippen LogP) is 0.981. The lowest BCUT2D eigenvalue weighted by Crippen LogP contribution is -2.42. The Bertz CT molecular complexity index is 451. The van der Waals surface area contributed by atoms with Gasteiger partial charge in [0.2, 0.25) is 0 Å². The lowest BCUT2D eigenvalue weighted by atomic mass is 10.2. The Hall–Kier alpha value is -2.28. The molecule has 21 heavy (non-hydrogen) atoms. The number of ether oxygens (including phenoxy) is 1. The van der Waals surface area contributed by atoms with Gasteiger partial charge >= 0.3 is 6.03 Å². The molecular weight excluding hydrogens is 272 g/mol. The number of hydrogen-bond acceptors (Lipinski definition) is 4. The van der Waals surface area contributed by atoms with Gasteiger partial charge in [0.15, 0.2) is 0 Å². The average Bonchev–Trinajstić information content (AvgIpc) is 2.53. The zero-order chi connectivity index (χ0) is 15.5. The zero-order valence-corrected chi connectivity index (χ0v) is 12.2. The summed E-state index contributed by atoms with van der Waals surface area (Å²) in [5.41, 5.74) is 6.45. The molecule has 0 aromatic heterocycles. The summed E-state index contributed by atoms with van der Waals surface area (Å²) in [6, 6.07) is 9.44. The molecule has 0 fully saturated rings. The summed E-state index contributed by atoms with van der Waals surface area (Å²) in [6.45, 7) is 1.68. The number of urea groups is 1. The first-order valence-corrected chi connectivity index (χ1v) is 6.69. The fourth-order valence-corrected chi connectivity index (χ4v) is 1.70. The number of carbonyl (C=O) groups excluding carboxylic acids is 1. The first-order chi connectivity index (χ1) is 10.2. The highest BCUT2D eigenvalue weighted by Crippen LogP contribution is 1.99. The van der Waals surface area contributed by atoms with E-state index in [0.717, 1.165) is 5.56 Å². The van der Waals surface area contributed by atoms with Crippen molar-refractivity contribution in [3.05, 3.63) is 35.9 Å². The first kappa shape index (κ1) is 16.8. The molecule has 1 aromatic carbocycles. The third-order valence-corrected chi connectivity index (χ3v) is 2.91. The molecule has 7 nitrogen and oxygen atoms in total. The Labute approximate surface area is 124 Å². The van der Waals surface area contributed by atoms with Gasteiger partial charge in [-0.15, -0.1) is 0 Å². The molecule has 7 heteroatoms. The van der Waals surface area contributed by atoms with Gasteiger partial charge in [0.25, 0.3) is 0 Å². The van der Waals surface area contributed by atoms with Crippen LogP contribution >= 0.6 is 0 Å². The average molecular weight is 294 g/mol. The number of methoxy groups -OCH3 is 1. The van der Waals surface area contributed by atoms with E-state index in [1.54, 1.807) is 12.0 Å². The van der Waals surface area contributed by atoms with E-state index < -0.39 is 0 Å². The Kier molecular flexibility index (Phi) is 7.67. The van der Waals surface area contributed by atoms with Crippen LogP contribution in [-0.4, -0.2) is 48.8 Å². The fraction of sp³-hybridized carbons (Fsp3) is 0.429. The van der Waals surface area contributed by atoms with Crippen LogP contribution in [0.1, 0.15) is 12.0 Å². The van der Waals surface area contributed by atoms with E-state index in [9.17, 15) is 4.79 Å². The summed E-state index contributed by atoms with van der Waals surface area (Å²) in [7, 11) is 1.57. The van der Waals surface area contributed by atoms with Crippen LogP contribution in [0.15, 0.2) is 35.5 Å². The molecule has 0 unspecified atom stereocenters. The van der Waals surface area contributed by atoms with Crippen LogP contribution < -0.4 is 11.1 Å². The standard InChI is InChI=1S/C14H22N4O3/c1-21-10-9-18(8-7-13(15)17-20)14(19)16-11-12-5-3-2-4-6-12/h2-6,20H,7-11H2,1H3,(H2,15,17)(H,16,19). The molecule has 0 bridgehead atoms. The van der Waals surface area contributed by atoms with Crippen molar-refractivity contribution in [3.8, 4) is 0 Å². The lowest BCUT2D eigenvalue weighted by Gasteiger charge is -2.22. The van der Waals surface area contributed by atoms with E-state index in [4.69, 9.17) is 15.7 Å². The molecular formula is C14H22N4O3. The monoisotopic (exact) mass is 294 g/mol. The molecule has 0 radical (unpaired) electrons. The van der Waals surface area contributed by atoms with Crippen LogP contribution in [0, 0.1) is 0 Å². The summed E-state index contributed by atoms with van der Waals surface area (Å²) >= 11 is 0. The second-order valence-electron chi connectivity index (χ2n) is 4.47. The maximum absolute atomic E-state index is 12.1. The van der Waals surface area contributed by atoms with Gasteiger partial charge in [-0.1, -0.05) is 35.5 Å². The molecule has 0 atom stereocenters. The summed E-state index contributed by atoms with van der Waals surface area (Å²) < 4.78 is 4.99. The number of nitrogens with two attached hydrogens (primary N) is 1.